The van der Waals surface area contributed by atoms with Gasteiger partial charge < -0.3 is 19.3 Å². The van der Waals surface area contributed by atoms with Crippen molar-refractivity contribution < 1.29 is 23.9 Å². The summed E-state index contributed by atoms with van der Waals surface area (Å²) in [6, 6.07) is 13.0. The monoisotopic (exact) mass is 573 g/mol. The van der Waals surface area contributed by atoms with Gasteiger partial charge in [0, 0.05) is 49.1 Å². The number of ether oxygens (including phenoxy) is 2. The molecule has 222 valence electrons. The van der Waals surface area contributed by atoms with E-state index in [2.05, 4.69) is 16.1 Å². The molecular formula is C32H39N5O5. The molecule has 0 saturated carbocycles. The van der Waals surface area contributed by atoms with Gasteiger partial charge in [-0.05, 0) is 69.9 Å². The molecule has 0 aliphatic carbocycles. The zero-order valence-electron chi connectivity index (χ0n) is 24.8. The van der Waals surface area contributed by atoms with Crippen molar-refractivity contribution in [3.63, 3.8) is 0 Å². The highest BCUT2D eigenvalue weighted by Crippen LogP contribution is 2.43. The van der Waals surface area contributed by atoms with Crippen molar-refractivity contribution >= 4 is 34.5 Å². The summed E-state index contributed by atoms with van der Waals surface area (Å²) >= 11 is 0. The van der Waals surface area contributed by atoms with E-state index in [0.29, 0.717) is 12.8 Å². The van der Waals surface area contributed by atoms with Crippen molar-refractivity contribution in [3.8, 4) is 5.75 Å². The first kappa shape index (κ1) is 28.1. The molecule has 0 unspecified atom stereocenters. The fraction of sp³-hybridized carbons (Fsp3) is 0.500. The van der Waals surface area contributed by atoms with E-state index in [0.717, 1.165) is 66.9 Å². The summed E-state index contributed by atoms with van der Waals surface area (Å²) in [4.78, 5) is 44.4. The van der Waals surface area contributed by atoms with Crippen LogP contribution in [0.5, 0.6) is 5.75 Å². The number of nitrogens with zero attached hydrogens (tertiary/aromatic N) is 5. The lowest BCUT2D eigenvalue weighted by Gasteiger charge is -2.54. The maximum absolute atomic E-state index is 13.6. The number of fused-ring (bicyclic) bond motifs is 1. The minimum atomic E-state index is -0.535. The van der Waals surface area contributed by atoms with Gasteiger partial charge in [-0.2, -0.15) is 5.10 Å². The molecule has 0 bridgehead atoms. The molecule has 3 aromatic rings. The third-order valence-electron chi connectivity index (χ3n) is 8.77. The van der Waals surface area contributed by atoms with Gasteiger partial charge in [0.1, 0.15) is 17.4 Å². The molecule has 3 aliphatic rings. The van der Waals surface area contributed by atoms with Gasteiger partial charge in [-0.25, -0.2) is 4.79 Å². The van der Waals surface area contributed by atoms with Crippen LogP contribution in [-0.2, 0) is 20.9 Å². The number of imide groups is 1. The normalized spacial score (nSPS) is 20.7. The van der Waals surface area contributed by atoms with E-state index >= 15 is 0 Å². The Morgan fingerprint density at radius 2 is 1.76 bits per heavy atom. The number of hydrogen-bond donors (Lipinski definition) is 0. The Hall–Kier alpha value is -4.08. The van der Waals surface area contributed by atoms with Crippen molar-refractivity contribution in [2.45, 2.75) is 64.6 Å². The van der Waals surface area contributed by atoms with Crippen molar-refractivity contribution in [1.29, 1.82) is 0 Å². The van der Waals surface area contributed by atoms with E-state index in [-0.39, 0.29) is 29.9 Å². The summed E-state index contributed by atoms with van der Waals surface area (Å²) in [5.74, 6) is 0.343. The fourth-order valence-corrected chi connectivity index (χ4v) is 6.46. The molecule has 3 fully saturated rings. The predicted molar refractivity (Wildman–Crippen MR) is 158 cm³/mol. The van der Waals surface area contributed by atoms with Crippen LogP contribution in [0.4, 0.5) is 10.5 Å². The second kappa shape index (κ2) is 10.6. The standard InChI is InChI=1S/C32H39N5O5/c1-31(2,3)42-30(40)35-20-32(21-35)14-16-34(17-15-32)25-6-5-7-26-24(25)18-33-37(26)27-12-13-28(38)36(29(27)39)19-22-8-10-23(41-4)11-9-22/h5-11,18,27H,12-17,19-21H2,1-4H3/t27-/m1/s1. The summed E-state index contributed by atoms with van der Waals surface area (Å²) in [6.07, 6.45) is 4.34. The first-order chi connectivity index (χ1) is 20.1. The molecule has 1 spiro atoms. The molecule has 3 aliphatic heterocycles. The number of carbonyl (C=O) groups excluding carboxylic acids is 3. The number of hydrogen-bond acceptors (Lipinski definition) is 7. The van der Waals surface area contributed by atoms with E-state index in [1.807, 2.05) is 68.3 Å². The third-order valence-corrected chi connectivity index (χ3v) is 8.77. The number of anilines is 1. The minimum absolute atomic E-state index is 0.153. The zero-order chi connectivity index (χ0) is 29.6. The number of rotatable bonds is 5. The van der Waals surface area contributed by atoms with Crippen molar-refractivity contribution in [2.75, 3.05) is 38.2 Å². The second-order valence-electron chi connectivity index (χ2n) is 12.8. The number of likely N-dealkylation sites (tertiary alicyclic amines) is 2. The lowest BCUT2D eigenvalue weighted by Crippen LogP contribution is -2.62. The van der Waals surface area contributed by atoms with Gasteiger partial charge in [0.2, 0.25) is 5.91 Å². The van der Waals surface area contributed by atoms with Crippen molar-refractivity contribution in [2.24, 2.45) is 5.41 Å². The number of benzene rings is 2. The molecule has 2 aromatic carbocycles. The summed E-state index contributed by atoms with van der Waals surface area (Å²) in [5.41, 5.74) is 2.53. The van der Waals surface area contributed by atoms with Crippen LogP contribution in [0.2, 0.25) is 0 Å². The molecule has 4 heterocycles. The van der Waals surface area contributed by atoms with Crippen LogP contribution >= 0.6 is 0 Å². The van der Waals surface area contributed by atoms with Gasteiger partial charge in [-0.3, -0.25) is 19.2 Å². The van der Waals surface area contributed by atoms with E-state index in [1.54, 1.807) is 11.8 Å². The second-order valence-corrected chi connectivity index (χ2v) is 12.8. The first-order valence-electron chi connectivity index (χ1n) is 14.7. The van der Waals surface area contributed by atoms with Crippen LogP contribution in [0.3, 0.4) is 0 Å². The van der Waals surface area contributed by atoms with Crippen LogP contribution in [0.15, 0.2) is 48.7 Å². The number of carbonyl (C=O) groups is 3. The van der Waals surface area contributed by atoms with Crippen molar-refractivity contribution in [1.82, 2.24) is 19.6 Å². The lowest BCUT2D eigenvalue weighted by molar-refractivity contribution is -0.152. The molecule has 10 nitrogen and oxygen atoms in total. The van der Waals surface area contributed by atoms with Gasteiger partial charge in [0.25, 0.3) is 5.91 Å². The van der Waals surface area contributed by atoms with Gasteiger partial charge in [-0.1, -0.05) is 18.2 Å². The SMILES string of the molecule is COc1ccc(CN2C(=O)CC[C@@H](n3ncc4c(N5CCC6(CC5)CN(C(=O)OC(C)(C)C)C6)cccc43)C2=O)cc1. The predicted octanol–water partition coefficient (Wildman–Crippen LogP) is 4.77. The highest BCUT2D eigenvalue weighted by atomic mass is 16.6. The quantitative estimate of drug-likeness (QED) is 0.406. The van der Waals surface area contributed by atoms with E-state index < -0.39 is 11.6 Å². The highest BCUT2D eigenvalue weighted by molar-refractivity contribution is 6.00. The zero-order valence-corrected chi connectivity index (χ0v) is 24.8. The average Bonchev–Trinajstić information content (AvgIpc) is 3.38. The molecule has 0 N–H and O–H groups in total. The van der Waals surface area contributed by atoms with Crippen LogP contribution in [0.1, 0.15) is 58.1 Å². The largest absolute Gasteiger partial charge is 0.497 e. The van der Waals surface area contributed by atoms with Crippen LogP contribution in [-0.4, -0.2) is 76.4 Å². The third kappa shape index (κ3) is 5.30. The number of amides is 3. The Bertz CT molecular complexity index is 1490. The van der Waals surface area contributed by atoms with Gasteiger partial charge in [0.05, 0.1) is 25.4 Å². The number of aromatic nitrogens is 2. The average molecular weight is 574 g/mol. The molecule has 10 heteroatoms. The van der Waals surface area contributed by atoms with E-state index in [9.17, 15) is 14.4 Å². The molecule has 6 rings (SSSR count). The molecule has 3 amide bonds. The molecule has 1 aromatic heterocycles. The Labute approximate surface area is 246 Å². The minimum Gasteiger partial charge on any atom is -0.497 e. The Kier molecular flexibility index (Phi) is 7.11. The number of methoxy groups -OCH3 is 1. The van der Waals surface area contributed by atoms with Gasteiger partial charge >= 0.3 is 6.09 Å². The van der Waals surface area contributed by atoms with E-state index in [1.165, 1.54) is 4.90 Å². The summed E-state index contributed by atoms with van der Waals surface area (Å²) in [6.45, 7) is 9.17. The lowest BCUT2D eigenvalue weighted by atomic mass is 9.72. The fourth-order valence-electron chi connectivity index (χ4n) is 6.46. The molecular weight excluding hydrogens is 534 g/mol. The first-order valence-corrected chi connectivity index (χ1v) is 14.7. The summed E-state index contributed by atoms with van der Waals surface area (Å²) < 4.78 is 12.6. The van der Waals surface area contributed by atoms with Crippen LogP contribution in [0.25, 0.3) is 10.9 Å². The molecule has 42 heavy (non-hydrogen) atoms. The Morgan fingerprint density at radius 1 is 1.05 bits per heavy atom. The number of piperidine rings is 2. The van der Waals surface area contributed by atoms with Gasteiger partial charge in [0.15, 0.2) is 0 Å². The molecule has 0 radical (unpaired) electrons. The van der Waals surface area contributed by atoms with Gasteiger partial charge in [-0.15, -0.1) is 0 Å². The highest BCUT2D eigenvalue weighted by Gasteiger charge is 2.48. The maximum atomic E-state index is 13.6. The molecule has 3 saturated heterocycles. The topological polar surface area (TPSA) is 97.2 Å². The van der Waals surface area contributed by atoms with Crippen LogP contribution < -0.4 is 9.64 Å². The Morgan fingerprint density at radius 3 is 2.43 bits per heavy atom. The smallest absolute Gasteiger partial charge is 0.410 e. The van der Waals surface area contributed by atoms with E-state index in [4.69, 9.17) is 9.47 Å². The van der Waals surface area contributed by atoms with Crippen molar-refractivity contribution in [3.05, 3.63) is 54.2 Å². The Balaban J connectivity index is 1.14. The maximum Gasteiger partial charge on any atom is 0.410 e. The molecule has 1 atom stereocenters. The van der Waals surface area contributed by atoms with Crippen LogP contribution in [0, 0.1) is 5.41 Å². The summed E-state index contributed by atoms with van der Waals surface area (Å²) in [7, 11) is 1.61. The summed E-state index contributed by atoms with van der Waals surface area (Å²) in [5, 5.41) is 5.69.